The Morgan fingerprint density at radius 1 is 1.25 bits per heavy atom. The molecular weight excluding hydrogens is 360 g/mol. The summed E-state index contributed by atoms with van der Waals surface area (Å²) in [5.41, 5.74) is 6.96. The molecule has 2 unspecified atom stereocenters. The summed E-state index contributed by atoms with van der Waals surface area (Å²) in [5, 5.41) is 0. The van der Waals surface area contributed by atoms with Crippen molar-refractivity contribution in [2.24, 2.45) is 23.0 Å². The summed E-state index contributed by atoms with van der Waals surface area (Å²) in [6.07, 6.45) is 0.227. The first-order valence-corrected chi connectivity index (χ1v) is 9.60. The highest BCUT2D eigenvalue weighted by Gasteiger charge is 2.69. The summed E-state index contributed by atoms with van der Waals surface area (Å²) >= 11 is 0. The van der Waals surface area contributed by atoms with Gasteiger partial charge in [0.1, 0.15) is 12.6 Å². The molecule has 7 nitrogen and oxygen atoms in total. The number of amides is 1. The molecule has 3 rings (SSSR count). The predicted octanol–water partition coefficient (Wildman–Crippen LogP) is 1.49. The van der Waals surface area contributed by atoms with Gasteiger partial charge in [-0.25, -0.2) is 4.79 Å². The van der Waals surface area contributed by atoms with Gasteiger partial charge in [0.05, 0.1) is 13.2 Å². The van der Waals surface area contributed by atoms with E-state index < -0.39 is 24.0 Å². The molecule has 0 bridgehead atoms. The van der Waals surface area contributed by atoms with Gasteiger partial charge in [0.25, 0.3) is 0 Å². The number of nitrogens with zero attached hydrogens (tertiary/aromatic N) is 1. The van der Waals surface area contributed by atoms with Crippen molar-refractivity contribution in [1.82, 2.24) is 4.90 Å². The number of nitrogens with two attached hydrogens (primary N) is 1. The largest absolute Gasteiger partial charge is 0.467 e. The lowest BCUT2D eigenvalue weighted by molar-refractivity contribution is -0.153. The van der Waals surface area contributed by atoms with Gasteiger partial charge in [-0.3, -0.25) is 9.59 Å². The van der Waals surface area contributed by atoms with E-state index in [2.05, 4.69) is 13.8 Å². The molecule has 1 aliphatic carbocycles. The van der Waals surface area contributed by atoms with Crippen LogP contribution in [0.3, 0.4) is 0 Å². The third-order valence-corrected chi connectivity index (χ3v) is 6.15. The summed E-state index contributed by atoms with van der Waals surface area (Å²) in [7, 11) is 1.33. The fraction of sp³-hybridized carbons (Fsp3) is 0.571. The average molecular weight is 388 g/mol. The van der Waals surface area contributed by atoms with Gasteiger partial charge in [-0.05, 0) is 23.3 Å². The quantitative estimate of drug-likeness (QED) is 0.711. The van der Waals surface area contributed by atoms with E-state index in [1.165, 1.54) is 12.0 Å². The molecule has 2 N–H and O–H groups in total. The summed E-state index contributed by atoms with van der Waals surface area (Å²) in [6, 6.07) is 7.94. The maximum absolute atomic E-state index is 12.8. The Kier molecular flexibility index (Phi) is 5.74. The molecule has 1 saturated heterocycles. The molecule has 28 heavy (non-hydrogen) atoms. The molecule has 0 spiro atoms. The van der Waals surface area contributed by atoms with Gasteiger partial charge >= 0.3 is 11.9 Å². The molecule has 0 radical (unpaired) electrons. The van der Waals surface area contributed by atoms with E-state index in [-0.39, 0.29) is 42.6 Å². The maximum atomic E-state index is 12.8. The molecule has 1 aromatic rings. The van der Waals surface area contributed by atoms with Crippen molar-refractivity contribution in [3.8, 4) is 0 Å². The zero-order valence-electron chi connectivity index (χ0n) is 16.6. The smallest absolute Gasteiger partial charge is 0.328 e. The molecule has 2 fully saturated rings. The second-order valence-corrected chi connectivity index (χ2v) is 8.20. The Morgan fingerprint density at radius 3 is 2.57 bits per heavy atom. The van der Waals surface area contributed by atoms with Crippen molar-refractivity contribution in [3.63, 3.8) is 0 Å². The lowest BCUT2D eigenvalue weighted by atomic mass is 10.00. The number of benzene rings is 1. The monoisotopic (exact) mass is 388 g/mol. The number of ether oxygens (including phenoxy) is 2. The number of methoxy groups -OCH3 is 1. The molecule has 7 heteroatoms. The number of piperidine rings is 1. The average Bonchev–Trinajstić information content (AvgIpc) is 3.05. The fourth-order valence-corrected chi connectivity index (χ4v) is 4.32. The highest BCUT2D eigenvalue weighted by Crippen LogP contribution is 2.65. The Balaban J connectivity index is 1.50. The van der Waals surface area contributed by atoms with Crippen LogP contribution in [0.5, 0.6) is 0 Å². The summed E-state index contributed by atoms with van der Waals surface area (Å²) < 4.78 is 10.1. The third kappa shape index (κ3) is 3.90. The lowest BCUT2D eigenvalue weighted by Gasteiger charge is -2.30. The van der Waals surface area contributed by atoms with Gasteiger partial charge in [-0.15, -0.1) is 0 Å². The molecule has 1 heterocycles. The maximum Gasteiger partial charge on any atom is 0.328 e. The van der Waals surface area contributed by atoms with Gasteiger partial charge in [0, 0.05) is 18.9 Å². The number of carbonyl (C=O) groups is 3. The minimum Gasteiger partial charge on any atom is -0.467 e. The van der Waals surface area contributed by atoms with E-state index in [9.17, 15) is 14.4 Å². The first-order chi connectivity index (χ1) is 13.3. The van der Waals surface area contributed by atoms with Gasteiger partial charge in [0.15, 0.2) is 0 Å². The van der Waals surface area contributed by atoms with Crippen LogP contribution in [0.4, 0.5) is 0 Å². The number of carbonyl (C=O) groups excluding carboxylic acids is 3. The van der Waals surface area contributed by atoms with Crippen LogP contribution in [0.2, 0.25) is 0 Å². The Labute approximate surface area is 165 Å². The molecule has 1 saturated carbocycles. The molecule has 2 aliphatic rings. The lowest BCUT2D eigenvalue weighted by Crippen LogP contribution is -2.51. The molecule has 1 amide bonds. The summed E-state index contributed by atoms with van der Waals surface area (Å²) in [6.45, 7) is 4.89. The number of likely N-dealkylation sites (tertiary alicyclic amines) is 1. The predicted molar refractivity (Wildman–Crippen MR) is 102 cm³/mol. The van der Waals surface area contributed by atoms with Crippen molar-refractivity contribution in [3.05, 3.63) is 35.9 Å². The zero-order chi connectivity index (χ0) is 20.5. The van der Waals surface area contributed by atoms with Crippen LogP contribution in [0.25, 0.3) is 0 Å². The van der Waals surface area contributed by atoms with Crippen LogP contribution in [-0.2, 0) is 30.5 Å². The fourth-order valence-electron chi connectivity index (χ4n) is 4.32. The number of hydrogen-bond acceptors (Lipinski definition) is 6. The number of hydrogen-bond donors (Lipinski definition) is 1. The van der Waals surface area contributed by atoms with Crippen molar-refractivity contribution in [1.29, 1.82) is 0 Å². The van der Waals surface area contributed by atoms with Gasteiger partial charge in [-0.2, -0.15) is 0 Å². The first kappa shape index (κ1) is 20.3. The summed E-state index contributed by atoms with van der Waals surface area (Å²) in [4.78, 5) is 38.5. The number of fused-ring (bicyclic) bond motifs is 1. The van der Waals surface area contributed by atoms with Crippen molar-refractivity contribution >= 4 is 17.8 Å². The van der Waals surface area contributed by atoms with Crippen LogP contribution in [0.15, 0.2) is 30.3 Å². The minimum absolute atomic E-state index is 0.0287. The highest BCUT2D eigenvalue weighted by molar-refractivity contribution is 5.89. The summed E-state index contributed by atoms with van der Waals surface area (Å²) in [5.74, 6) is -0.729. The van der Waals surface area contributed by atoms with Crippen LogP contribution >= 0.6 is 0 Å². The minimum atomic E-state index is -0.850. The van der Waals surface area contributed by atoms with E-state index in [1.54, 1.807) is 0 Å². The Hall–Kier alpha value is -2.41. The topological polar surface area (TPSA) is 98.9 Å². The second kappa shape index (κ2) is 7.91. The standard InChI is InChI=1S/C21H28N2O5/c1-21(2)14-11-23(18(17(14)21)20(26)27-3)19(25)15(22)9-10-16(24)28-12-13-7-5-4-6-8-13/h4-8,14-15,17-18H,9-12,22H2,1-3H3/t14?,15-,17?,18-/m0/s1. The van der Waals surface area contributed by atoms with E-state index in [0.29, 0.717) is 6.54 Å². The van der Waals surface area contributed by atoms with E-state index in [4.69, 9.17) is 15.2 Å². The number of esters is 2. The van der Waals surface area contributed by atoms with Crippen LogP contribution in [0.1, 0.15) is 32.3 Å². The molecule has 1 aliphatic heterocycles. The first-order valence-electron chi connectivity index (χ1n) is 9.60. The molecule has 4 atom stereocenters. The van der Waals surface area contributed by atoms with Crippen molar-refractivity contribution < 1.29 is 23.9 Å². The normalized spacial score (nSPS) is 25.6. The second-order valence-electron chi connectivity index (χ2n) is 8.20. The van der Waals surface area contributed by atoms with Crippen molar-refractivity contribution in [2.75, 3.05) is 13.7 Å². The van der Waals surface area contributed by atoms with Gasteiger partial charge < -0.3 is 20.1 Å². The Bertz CT molecular complexity index is 748. The number of rotatable bonds is 7. The highest BCUT2D eigenvalue weighted by atomic mass is 16.5. The SMILES string of the molecule is COC(=O)[C@@H]1C2C(CN1C(=O)[C@@H](N)CCC(=O)OCc1ccccc1)C2(C)C. The van der Waals surface area contributed by atoms with E-state index in [1.807, 2.05) is 30.3 Å². The zero-order valence-corrected chi connectivity index (χ0v) is 16.6. The molecule has 1 aromatic carbocycles. The van der Waals surface area contributed by atoms with Crippen LogP contribution in [-0.4, -0.2) is 48.5 Å². The third-order valence-electron chi connectivity index (χ3n) is 6.15. The van der Waals surface area contributed by atoms with Gasteiger partial charge in [-0.1, -0.05) is 44.2 Å². The Morgan fingerprint density at radius 2 is 1.93 bits per heavy atom. The van der Waals surface area contributed by atoms with Crippen molar-refractivity contribution in [2.45, 2.75) is 45.4 Å². The van der Waals surface area contributed by atoms with Crippen LogP contribution < -0.4 is 5.73 Å². The van der Waals surface area contributed by atoms with E-state index >= 15 is 0 Å². The molecule has 152 valence electrons. The molecule has 0 aromatic heterocycles. The van der Waals surface area contributed by atoms with Gasteiger partial charge in [0.2, 0.25) is 5.91 Å². The molecular formula is C21H28N2O5. The van der Waals surface area contributed by atoms with Crippen LogP contribution in [0, 0.1) is 17.3 Å². The van der Waals surface area contributed by atoms with E-state index in [0.717, 1.165) is 5.56 Å².